The predicted octanol–water partition coefficient (Wildman–Crippen LogP) is 3.09. The fourth-order valence-electron chi connectivity index (χ4n) is 1.19. The van der Waals surface area contributed by atoms with Gasteiger partial charge in [0.2, 0.25) is 0 Å². The maximum atomic E-state index is 12.1. The van der Waals surface area contributed by atoms with Gasteiger partial charge in [0.25, 0.3) is 0 Å². The van der Waals surface area contributed by atoms with E-state index in [1.54, 1.807) is 6.92 Å². The van der Waals surface area contributed by atoms with Gasteiger partial charge in [-0.3, -0.25) is 10.5 Å². The normalized spacial score (nSPS) is 16.3. The molecule has 19 heavy (non-hydrogen) atoms. The summed E-state index contributed by atoms with van der Waals surface area (Å²) in [5.41, 5.74) is 4.28. The van der Waals surface area contributed by atoms with Crippen LogP contribution >= 0.6 is 0 Å². The van der Waals surface area contributed by atoms with Crippen molar-refractivity contribution in [1.82, 2.24) is 0 Å². The second kappa shape index (κ2) is 6.23. The molecular formula is C15H31NO3. The molecule has 0 aliphatic heterocycles. The molecule has 2 N–H and O–H groups in total. The highest BCUT2D eigenvalue weighted by atomic mass is 16.6. The van der Waals surface area contributed by atoms with Crippen molar-refractivity contribution in [3.8, 4) is 0 Å². The van der Waals surface area contributed by atoms with E-state index in [1.807, 2.05) is 48.5 Å². The number of hydrogen-bond acceptors (Lipinski definition) is 4. The number of nitrogens with two attached hydrogens (primary N) is 1. The molecule has 0 aromatic heterocycles. The highest BCUT2D eigenvalue weighted by Crippen LogP contribution is 2.29. The second-order valence-electron chi connectivity index (χ2n) is 7.29. The molecule has 0 saturated carbocycles. The Morgan fingerprint density at radius 1 is 1.11 bits per heavy atom. The summed E-state index contributed by atoms with van der Waals surface area (Å²) in [7, 11) is 0. The summed E-state index contributed by atoms with van der Waals surface area (Å²) < 4.78 is 11.0. The number of carbonyl (C=O) groups excluding carboxylic acids is 1. The lowest BCUT2D eigenvalue weighted by atomic mass is 9.81. The minimum absolute atomic E-state index is 0.196. The van der Waals surface area contributed by atoms with Gasteiger partial charge in [0.1, 0.15) is 0 Å². The van der Waals surface area contributed by atoms with Crippen LogP contribution in [0.1, 0.15) is 61.8 Å². The molecule has 0 aromatic carbocycles. The molecule has 0 bridgehead atoms. The predicted molar refractivity (Wildman–Crippen MR) is 77.6 cm³/mol. The van der Waals surface area contributed by atoms with Crippen LogP contribution in [0.3, 0.4) is 0 Å². The van der Waals surface area contributed by atoms with Crippen molar-refractivity contribution in [3.63, 3.8) is 0 Å². The molecule has 114 valence electrons. The average Bonchev–Trinajstić information content (AvgIpc) is 2.13. The first-order valence-corrected chi connectivity index (χ1v) is 6.94. The molecule has 1 unspecified atom stereocenters. The second-order valence-corrected chi connectivity index (χ2v) is 7.29. The Labute approximate surface area is 118 Å². The molecule has 0 amide bonds. The molecule has 1 atom stereocenters. The van der Waals surface area contributed by atoms with E-state index >= 15 is 0 Å². The van der Waals surface area contributed by atoms with Gasteiger partial charge in [-0.2, -0.15) is 0 Å². The van der Waals surface area contributed by atoms with Gasteiger partial charge in [-0.25, -0.2) is 0 Å². The summed E-state index contributed by atoms with van der Waals surface area (Å²) in [6.45, 7) is 15.9. The molecular weight excluding hydrogens is 242 g/mol. The van der Waals surface area contributed by atoms with Gasteiger partial charge in [0.15, 0.2) is 5.72 Å². The molecule has 4 heteroatoms. The summed E-state index contributed by atoms with van der Waals surface area (Å²) >= 11 is 0. The minimum Gasteiger partial charge on any atom is -0.444 e. The molecule has 0 aliphatic carbocycles. The fourth-order valence-corrected chi connectivity index (χ4v) is 1.19. The van der Waals surface area contributed by atoms with Crippen molar-refractivity contribution in [1.29, 1.82) is 0 Å². The van der Waals surface area contributed by atoms with Gasteiger partial charge in [-0.1, -0.05) is 13.8 Å². The minimum atomic E-state index is -0.992. The van der Waals surface area contributed by atoms with E-state index in [2.05, 4.69) is 0 Å². The van der Waals surface area contributed by atoms with Gasteiger partial charge in [0.05, 0.1) is 17.6 Å². The Kier molecular flexibility index (Phi) is 6.03. The number of carbonyl (C=O) groups is 1. The molecule has 0 saturated heterocycles. The van der Waals surface area contributed by atoms with E-state index in [-0.39, 0.29) is 17.5 Å². The monoisotopic (exact) mass is 273 g/mol. The Morgan fingerprint density at radius 2 is 1.58 bits per heavy atom. The van der Waals surface area contributed by atoms with E-state index in [0.717, 1.165) is 0 Å². The SMILES string of the molecule is CC(C)C(C)(C)C(=O)OC(C)(N)CCOC(C)(C)C. The maximum absolute atomic E-state index is 12.1. The van der Waals surface area contributed by atoms with Crippen LogP contribution in [0.15, 0.2) is 0 Å². The van der Waals surface area contributed by atoms with E-state index in [9.17, 15) is 4.79 Å². The zero-order valence-corrected chi connectivity index (χ0v) is 13.8. The van der Waals surface area contributed by atoms with E-state index < -0.39 is 11.1 Å². The van der Waals surface area contributed by atoms with Crippen LogP contribution in [0.4, 0.5) is 0 Å². The molecule has 0 heterocycles. The third kappa shape index (κ3) is 6.92. The van der Waals surface area contributed by atoms with Crippen LogP contribution in [-0.2, 0) is 14.3 Å². The number of rotatable bonds is 6. The van der Waals surface area contributed by atoms with E-state index in [0.29, 0.717) is 13.0 Å². The van der Waals surface area contributed by atoms with Crippen LogP contribution in [0, 0.1) is 11.3 Å². The molecule has 0 spiro atoms. The van der Waals surface area contributed by atoms with Crippen LogP contribution in [0.5, 0.6) is 0 Å². The Bertz CT molecular complexity index is 301. The fraction of sp³-hybridized carbons (Fsp3) is 0.933. The van der Waals surface area contributed by atoms with Crippen molar-refractivity contribution in [2.45, 2.75) is 73.1 Å². The van der Waals surface area contributed by atoms with Crippen molar-refractivity contribution in [3.05, 3.63) is 0 Å². The van der Waals surface area contributed by atoms with Gasteiger partial charge in [0, 0.05) is 6.42 Å². The summed E-state index contributed by atoms with van der Waals surface area (Å²) in [5.74, 6) is -0.0649. The quantitative estimate of drug-likeness (QED) is 0.596. The van der Waals surface area contributed by atoms with E-state index in [4.69, 9.17) is 15.2 Å². The Balaban J connectivity index is 4.41. The molecule has 0 fully saturated rings. The first-order valence-electron chi connectivity index (χ1n) is 6.94. The van der Waals surface area contributed by atoms with Gasteiger partial charge in [-0.15, -0.1) is 0 Å². The van der Waals surface area contributed by atoms with Gasteiger partial charge in [-0.05, 0) is 47.5 Å². The zero-order chi connectivity index (χ0) is 15.5. The molecule has 4 nitrogen and oxygen atoms in total. The lowest BCUT2D eigenvalue weighted by Gasteiger charge is -2.33. The average molecular weight is 273 g/mol. The highest BCUT2D eigenvalue weighted by molar-refractivity contribution is 5.76. The first kappa shape index (κ1) is 18.4. The maximum Gasteiger partial charge on any atom is 0.313 e. The topological polar surface area (TPSA) is 61.5 Å². The standard InChI is InChI=1S/C15H31NO3/c1-11(2)14(6,7)12(17)19-15(8,16)9-10-18-13(3,4)5/h11H,9-10,16H2,1-8H3. The molecule has 0 radical (unpaired) electrons. The van der Waals surface area contributed by atoms with Gasteiger partial charge >= 0.3 is 5.97 Å². The van der Waals surface area contributed by atoms with E-state index in [1.165, 1.54) is 0 Å². The highest BCUT2D eigenvalue weighted by Gasteiger charge is 2.36. The molecule has 0 rings (SSSR count). The van der Waals surface area contributed by atoms with Crippen LogP contribution < -0.4 is 5.73 Å². The summed E-state index contributed by atoms with van der Waals surface area (Å²) in [6, 6.07) is 0. The number of esters is 1. The number of ether oxygens (including phenoxy) is 2. The third-order valence-electron chi connectivity index (χ3n) is 3.43. The van der Waals surface area contributed by atoms with Crippen molar-refractivity contribution in [2.24, 2.45) is 17.1 Å². The summed E-state index contributed by atoms with van der Waals surface area (Å²) in [6.07, 6.45) is 0.476. The van der Waals surface area contributed by atoms with Crippen molar-refractivity contribution < 1.29 is 14.3 Å². The molecule has 0 aliphatic rings. The smallest absolute Gasteiger partial charge is 0.313 e. The first-order chi connectivity index (χ1) is 8.28. The third-order valence-corrected chi connectivity index (χ3v) is 3.43. The number of hydrogen-bond donors (Lipinski definition) is 1. The van der Waals surface area contributed by atoms with Crippen molar-refractivity contribution >= 4 is 5.97 Å². The zero-order valence-electron chi connectivity index (χ0n) is 13.8. The Hall–Kier alpha value is -0.610. The van der Waals surface area contributed by atoms with Gasteiger partial charge < -0.3 is 9.47 Å². The molecule has 0 aromatic rings. The van der Waals surface area contributed by atoms with Crippen LogP contribution in [0.2, 0.25) is 0 Å². The summed E-state index contributed by atoms with van der Waals surface area (Å²) in [5, 5.41) is 0. The van der Waals surface area contributed by atoms with Crippen LogP contribution in [0.25, 0.3) is 0 Å². The summed E-state index contributed by atoms with van der Waals surface area (Å²) in [4.78, 5) is 12.1. The van der Waals surface area contributed by atoms with Crippen LogP contribution in [-0.4, -0.2) is 23.9 Å². The lowest BCUT2D eigenvalue weighted by Crippen LogP contribution is -2.46. The largest absolute Gasteiger partial charge is 0.444 e. The van der Waals surface area contributed by atoms with Crippen molar-refractivity contribution in [2.75, 3.05) is 6.61 Å². The lowest BCUT2D eigenvalue weighted by molar-refractivity contribution is -0.173. The Morgan fingerprint density at radius 3 is 1.95 bits per heavy atom.